The monoisotopic (exact) mass is 1230 g/mol. The van der Waals surface area contributed by atoms with E-state index in [0.29, 0.717) is 0 Å². The molecule has 0 heterocycles. The minimum atomic E-state index is -1.76. The maximum absolute atomic E-state index is 14.2. The largest absolute Gasteiger partial charge is 0.481 e. The topological polar surface area (TPSA) is 512 Å². The van der Waals surface area contributed by atoms with Crippen molar-refractivity contribution in [1.29, 1.82) is 0 Å². The Morgan fingerprint density at radius 2 is 0.419 bits per heavy atom. The number of hydrogen-bond donors (Lipinski definition) is 16. The van der Waals surface area contributed by atoms with Crippen molar-refractivity contribution in [3.05, 3.63) is 0 Å². The Bertz CT molecular complexity index is 2360. The summed E-state index contributed by atoms with van der Waals surface area (Å²) >= 11 is 0. The molecular weight excluding hydrogens is 1140 g/mol. The van der Waals surface area contributed by atoms with E-state index in [2.05, 4.69) is 47.9 Å². The van der Waals surface area contributed by atoms with Crippen molar-refractivity contribution >= 4 is 89.0 Å². The van der Waals surface area contributed by atoms with Gasteiger partial charge >= 0.3 is 35.8 Å². The van der Waals surface area contributed by atoms with Crippen molar-refractivity contribution in [2.24, 2.45) is 35.3 Å². The second kappa shape index (κ2) is 39.6. The van der Waals surface area contributed by atoms with Gasteiger partial charge in [-0.2, -0.15) is 0 Å². The molecule has 31 heteroatoms. The first-order valence-electron chi connectivity index (χ1n) is 28.6. The molecule has 0 fully saturated rings. The molecule has 0 saturated carbocycles. The van der Waals surface area contributed by atoms with Gasteiger partial charge in [0.05, 0.1) is 6.04 Å². The van der Waals surface area contributed by atoms with Crippen molar-refractivity contribution in [2.75, 3.05) is 0 Å². The molecule has 0 spiro atoms. The van der Waals surface area contributed by atoms with Gasteiger partial charge in [-0.25, -0.2) is 4.79 Å². The minimum absolute atomic E-state index is 0.0163. The molecule has 488 valence electrons. The molecule has 0 aliphatic heterocycles. The highest BCUT2D eigenvalue weighted by Crippen LogP contribution is 2.15. The Kier molecular flexibility index (Phi) is 35.9. The van der Waals surface area contributed by atoms with Crippen LogP contribution in [0.3, 0.4) is 0 Å². The lowest BCUT2D eigenvalue weighted by Crippen LogP contribution is -2.61. The van der Waals surface area contributed by atoms with Crippen LogP contribution in [0.2, 0.25) is 0 Å². The molecule has 9 amide bonds. The first kappa shape index (κ1) is 78.0. The fourth-order valence-electron chi connectivity index (χ4n) is 8.52. The molecule has 0 unspecified atom stereocenters. The standard InChI is InChI=1S/C55H92N10O21/c1-26(2)21-36(61-46(76)31(56)11-16-41(66)67)51(81)57-32(12-17-42(68)69)47(77)62-37(22-27(3)4)52(82)58-33(13-18-43(70)71)48(78)63-38(23-28(5)6)53(83)59-34(14-19-44(72)73)49(79)64-39(24-29(7)8)54(84)60-35(15-20-45(74)75)50(80)65-40(55(85)86)25-30(9)10/h26-40H,11-25,56H2,1-10H3,(H,57,81)(H,58,82)(H,59,83)(H,60,84)(H,61,76)(H,62,77)(H,63,78)(H,64,79)(H,65,80)(H,66,67)(H,68,69)(H,70,71)(H,72,73)(H,74,75)(H,85,86)/t31-,32-,33-,34-,35-,36-,37-,38-,39-,40-/m0/s1. The molecule has 0 rings (SSSR count). The maximum Gasteiger partial charge on any atom is 0.326 e. The lowest BCUT2D eigenvalue weighted by Gasteiger charge is -2.29. The molecule has 0 aromatic heterocycles. The van der Waals surface area contributed by atoms with Gasteiger partial charge in [-0.3, -0.25) is 67.1 Å². The van der Waals surface area contributed by atoms with Gasteiger partial charge in [0.2, 0.25) is 53.2 Å². The maximum atomic E-state index is 14.2. The van der Waals surface area contributed by atoms with Crippen LogP contribution < -0.4 is 53.6 Å². The third-order valence-corrected chi connectivity index (χ3v) is 12.8. The second-order valence-corrected chi connectivity index (χ2v) is 23.3. The Hall–Kier alpha value is -7.99. The third kappa shape index (κ3) is 33.5. The van der Waals surface area contributed by atoms with Crippen LogP contribution in [-0.4, -0.2) is 180 Å². The van der Waals surface area contributed by atoms with Gasteiger partial charge in [0.25, 0.3) is 0 Å². The van der Waals surface area contributed by atoms with Crippen LogP contribution in [0.1, 0.15) is 166 Å². The molecule has 0 aliphatic carbocycles. The summed E-state index contributed by atoms with van der Waals surface area (Å²) in [5.74, 6) is -19.2. The number of carbonyl (C=O) groups is 15. The van der Waals surface area contributed by atoms with E-state index in [0.717, 1.165) is 0 Å². The number of carboxylic acids is 6. The van der Waals surface area contributed by atoms with E-state index in [-0.39, 0.29) is 62.2 Å². The zero-order valence-electron chi connectivity index (χ0n) is 50.7. The molecule has 86 heavy (non-hydrogen) atoms. The SMILES string of the molecule is CC(C)C[C@H](NC(=O)[C@H](CCC(=O)O)NC(=O)[C@H](CC(C)C)NC(=O)[C@H](CCC(=O)O)NC(=O)[C@H](CC(C)C)NC(=O)[C@H](CCC(=O)O)NC(=O)[C@H](CC(C)C)NC(=O)[C@H](CCC(=O)O)NC(=O)[C@H](CC(C)C)NC(=O)[C@@H](N)CCC(=O)O)C(=O)O. The summed E-state index contributed by atoms with van der Waals surface area (Å²) in [6.07, 6.45) is -6.27. The molecule has 31 nitrogen and oxygen atoms in total. The molecule has 0 radical (unpaired) electrons. The number of nitrogens with one attached hydrogen (secondary N) is 9. The zero-order valence-corrected chi connectivity index (χ0v) is 50.7. The predicted octanol–water partition coefficient (Wildman–Crippen LogP) is -0.684. The lowest BCUT2D eigenvalue weighted by molar-refractivity contribution is -0.143. The van der Waals surface area contributed by atoms with Crippen molar-refractivity contribution < 1.29 is 103 Å². The smallest absolute Gasteiger partial charge is 0.326 e. The van der Waals surface area contributed by atoms with Crippen LogP contribution >= 0.6 is 0 Å². The molecule has 10 atom stereocenters. The first-order valence-corrected chi connectivity index (χ1v) is 28.6. The second-order valence-electron chi connectivity index (χ2n) is 23.3. The highest BCUT2D eigenvalue weighted by Gasteiger charge is 2.37. The number of hydrogen-bond acceptors (Lipinski definition) is 16. The Morgan fingerprint density at radius 3 is 0.616 bits per heavy atom. The van der Waals surface area contributed by atoms with E-state index in [1.165, 1.54) is 0 Å². The average Bonchev–Trinajstić information content (AvgIpc) is 3.31. The fourth-order valence-corrected chi connectivity index (χ4v) is 8.52. The lowest BCUT2D eigenvalue weighted by atomic mass is 9.99. The Balaban J connectivity index is 7.04. The van der Waals surface area contributed by atoms with E-state index < -0.39 is 213 Å². The number of amides is 9. The Morgan fingerprint density at radius 1 is 0.256 bits per heavy atom. The summed E-state index contributed by atoms with van der Waals surface area (Å²) in [5.41, 5.74) is 5.85. The predicted molar refractivity (Wildman–Crippen MR) is 305 cm³/mol. The summed E-state index contributed by atoms with van der Waals surface area (Å²) in [4.78, 5) is 195. The van der Waals surface area contributed by atoms with Crippen molar-refractivity contribution in [1.82, 2.24) is 47.9 Å². The van der Waals surface area contributed by atoms with Gasteiger partial charge in [0.1, 0.15) is 54.4 Å². The summed E-state index contributed by atoms with van der Waals surface area (Å²) in [5, 5.41) is 78.7. The van der Waals surface area contributed by atoms with Gasteiger partial charge in [-0.1, -0.05) is 69.2 Å². The first-order chi connectivity index (χ1) is 39.8. The van der Waals surface area contributed by atoms with Crippen molar-refractivity contribution in [3.8, 4) is 0 Å². The quantitative estimate of drug-likeness (QED) is 0.0359. The minimum Gasteiger partial charge on any atom is -0.481 e. The zero-order chi connectivity index (χ0) is 66.3. The number of rotatable bonds is 44. The van der Waals surface area contributed by atoms with Gasteiger partial charge in [-0.05, 0) is 93.8 Å². The molecule has 0 aromatic rings. The Labute approximate surface area is 499 Å². The molecule has 17 N–H and O–H groups in total. The number of nitrogens with two attached hydrogens (primary N) is 1. The fraction of sp³-hybridized carbons (Fsp3) is 0.727. The van der Waals surface area contributed by atoms with Gasteiger partial charge in [0, 0.05) is 32.1 Å². The van der Waals surface area contributed by atoms with Crippen LogP contribution in [-0.2, 0) is 71.9 Å². The van der Waals surface area contributed by atoms with E-state index in [4.69, 9.17) is 10.8 Å². The summed E-state index contributed by atoms with van der Waals surface area (Å²) in [7, 11) is 0. The van der Waals surface area contributed by atoms with E-state index in [9.17, 15) is 97.5 Å². The molecular formula is C55H92N10O21. The normalized spacial score (nSPS) is 14.8. The van der Waals surface area contributed by atoms with E-state index in [1.807, 2.05) is 0 Å². The van der Waals surface area contributed by atoms with Crippen molar-refractivity contribution in [3.63, 3.8) is 0 Å². The van der Waals surface area contributed by atoms with Gasteiger partial charge < -0.3 is 84.2 Å². The summed E-state index contributed by atoms with van der Waals surface area (Å²) in [6, 6.07) is -15.5. The number of carboxylic acid groups (broad SMARTS) is 6. The molecule has 0 saturated heterocycles. The highest BCUT2D eigenvalue weighted by atomic mass is 16.4. The van der Waals surface area contributed by atoms with E-state index >= 15 is 0 Å². The number of aliphatic carboxylic acids is 6. The van der Waals surface area contributed by atoms with Gasteiger partial charge in [-0.15, -0.1) is 0 Å². The van der Waals surface area contributed by atoms with Crippen LogP contribution in [0.15, 0.2) is 0 Å². The molecule has 0 aliphatic rings. The van der Waals surface area contributed by atoms with Crippen LogP contribution in [0, 0.1) is 29.6 Å². The van der Waals surface area contributed by atoms with Crippen molar-refractivity contribution in [2.45, 2.75) is 226 Å². The summed E-state index contributed by atoms with van der Waals surface area (Å²) < 4.78 is 0. The van der Waals surface area contributed by atoms with Gasteiger partial charge in [0.15, 0.2) is 0 Å². The molecule has 0 bridgehead atoms. The summed E-state index contributed by atoms with van der Waals surface area (Å²) in [6.45, 7) is 16.7. The van der Waals surface area contributed by atoms with Crippen LogP contribution in [0.5, 0.6) is 0 Å². The van der Waals surface area contributed by atoms with E-state index in [1.54, 1.807) is 69.2 Å². The average molecular weight is 1230 g/mol. The molecule has 0 aromatic carbocycles. The van der Waals surface area contributed by atoms with Crippen LogP contribution in [0.4, 0.5) is 0 Å². The number of carbonyl (C=O) groups excluding carboxylic acids is 9. The van der Waals surface area contributed by atoms with Crippen LogP contribution in [0.25, 0.3) is 0 Å². The highest BCUT2D eigenvalue weighted by molar-refractivity contribution is 5.99. The third-order valence-electron chi connectivity index (χ3n) is 12.8.